The number of rotatable bonds is 7. The molecular formula is C23H23N3O3. The zero-order valence-corrected chi connectivity index (χ0v) is 16.2. The molecule has 0 aliphatic heterocycles. The molecule has 0 bridgehead atoms. The molecule has 2 amide bonds. The molecule has 0 saturated heterocycles. The number of benzene rings is 2. The van der Waals surface area contributed by atoms with Crippen molar-refractivity contribution in [3.8, 4) is 5.75 Å². The molecule has 2 atom stereocenters. The molecule has 2 unspecified atom stereocenters. The smallest absolute Gasteiger partial charge is 0.228 e. The summed E-state index contributed by atoms with van der Waals surface area (Å²) in [4.78, 5) is 29.3. The summed E-state index contributed by atoms with van der Waals surface area (Å²) in [6.07, 6.45) is 2.96. The van der Waals surface area contributed by atoms with Crippen LogP contribution in [0.3, 0.4) is 0 Å². The van der Waals surface area contributed by atoms with Crippen molar-refractivity contribution in [1.82, 2.24) is 10.3 Å². The number of pyridine rings is 1. The number of nitrogens with zero attached hydrogens (tertiary/aromatic N) is 1. The molecule has 0 spiro atoms. The second-order valence-corrected chi connectivity index (χ2v) is 7.17. The van der Waals surface area contributed by atoms with Gasteiger partial charge in [-0.2, -0.15) is 0 Å². The van der Waals surface area contributed by atoms with Crippen LogP contribution in [-0.2, 0) is 16.0 Å². The van der Waals surface area contributed by atoms with Crippen molar-refractivity contribution >= 4 is 28.4 Å². The van der Waals surface area contributed by atoms with Crippen molar-refractivity contribution < 1.29 is 14.3 Å². The summed E-state index contributed by atoms with van der Waals surface area (Å²) in [6, 6.07) is 17.2. The molecule has 4 rings (SSSR count). The number of hydrogen-bond acceptors (Lipinski definition) is 4. The molecule has 1 aromatic heterocycles. The van der Waals surface area contributed by atoms with Gasteiger partial charge in [-0.3, -0.25) is 14.6 Å². The quantitative estimate of drug-likeness (QED) is 0.650. The maximum atomic E-state index is 12.6. The van der Waals surface area contributed by atoms with E-state index < -0.39 is 0 Å². The number of carbonyl (C=O) groups excluding carboxylic acids is 2. The third kappa shape index (κ3) is 4.21. The predicted molar refractivity (Wildman–Crippen MR) is 112 cm³/mol. The summed E-state index contributed by atoms with van der Waals surface area (Å²) in [5.74, 6) is 0.0501. The minimum Gasteiger partial charge on any atom is -0.496 e. The van der Waals surface area contributed by atoms with E-state index in [1.165, 1.54) is 0 Å². The van der Waals surface area contributed by atoms with Gasteiger partial charge in [-0.05, 0) is 36.6 Å². The number of amides is 2. The number of methoxy groups -OCH3 is 1. The fourth-order valence-corrected chi connectivity index (χ4v) is 3.57. The van der Waals surface area contributed by atoms with Crippen LogP contribution < -0.4 is 15.4 Å². The highest BCUT2D eigenvalue weighted by Gasteiger charge is 2.48. The van der Waals surface area contributed by atoms with E-state index >= 15 is 0 Å². The SMILES string of the molecule is COc1ccccc1CCNC(=O)C1CC1C(=O)Nc1cccc2cccnc12. The third-order valence-corrected chi connectivity index (χ3v) is 5.24. The van der Waals surface area contributed by atoms with Crippen LogP contribution >= 0.6 is 0 Å². The van der Waals surface area contributed by atoms with Crippen LogP contribution in [0.1, 0.15) is 12.0 Å². The second kappa shape index (κ2) is 8.31. The van der Waals surface area contributed by atoms with E-state index in [1.807, 2.05) is 54.6 Å². The van der Waals surface area contributed by atoms with Gasteiger partial charge in [-0.15, -0.1) is 0 Å². The van der Waals surface area contributed by atoms with Crippen molar-refractivity contribution in [1.29, 1.82) is 0 Å². The lowest BCUT2D eigenvalue weighted by molar-refractivity contribution is -0.125. The van der Waals surface area contributed by atoms with E-state index in [1.54, 1.807) is 13.3 Å². The molecule has 29 heavy (non-hydrogen) atoms. The normalized spacial score (nSPS) is 17.6. The van der Waals surface area contributed by atoms with E-state index in [0.717, 1.165) is 22.2 Å². The first kappa shape index (κ1) is 18.9. The molecule has 1 aliphatic carbocycles. The fraction of sp³-hybridized carbons (Fsp3) is 0.261. The lowest BCUT2D eigenvalue weighted by Gasteiger charge is -2.09. The number of fused-ring (bicyclic) bond motifs is 1. The number of para-hydroxylation sites is 2. The Labute approximate surface area is 169 Å². The lowest BCUT2D eigenvalue weighted by Crippen LogP contribution is -2.29. The number of carbonyl (C=O) groups is 2. The van der Waals surface area contributed by atoms with Crippen LogP contribution in [0.4, 0.5) is 5.69 Å². The lowest BCUT2D eigenvalue weighted by atomic mass is 10.1. The number of hydrogen-bond donors (Lipinski definition) is 2. The Balaban J connectivity index is 1.30. The average Bonchev–Trinajstić information content (AvgIpc) is 3.55. The van der Waals surface area contributed by atoms with E-state index in [9.17, 15) is 9.59 Å². The minimum atomic E-state index is -0.291. The van der Waals surface area contributed by atoms with Crippen molar-refractivity contribution in [3.05, 3.63) is 66.4 Å². The zero-order chi connectivity index (χ0) is 20.2. The van der Waals surface area contributed by atoms with Crippen molar-refractivity contribution in [2.45, 2.75) is 12.8 Å². The Morgan fingerprint density at radius 3 is 2.69 bits per heavy atom. The van der Waals surface area contributed by atoms with E-state index in [2.05, 4.69) is 15.6 Å². The molecule has 1 saturated carbocycles. The Bertz CT molecular complexity index is 1040. The van der Waals surface area contributed by atoms with Crippen LogP contribution in [0.5, 0.6) is 5.75 Å². The first-order valence-electron chi connectivity index (χ1n) is 9.71. The summed E-state index contributed by atoms with van der Waals surface area (Å²) in [5.41, 5.74) is 2.47. The van der Waals surface area contributed by atoms with Crippen LogP contribution in [0.25, 0.3) is 10.9 Å². The fourth-order valence-electron chi connectivity index (χ4n) is 3.57. The highest BCUT2D eigenvalue weighted by Crippen LogP contribution is 2.39. The van der Waals surface area contributed by atoms with Crippen molar-refractivity contribution in [2.24, 2.45) is 11.8 Å². The van der Waals surface area contributed by atoms with Gasteiger partial charge in [0, 0.05) is 18.1 Å². The Hall–Kier alpha value is -3.41. The topological polar surface area (TPSA) is 80.3 Å². The van der Waals surface area contributed by atoms with Gasteiger partial charge in [0.1, 0.15) is 5.75 Å². The van der Waals surface area contributed by atoms with Gasteiger partial charge < -0.3 is 15.4 Å². The largest absolute Gasteiger partial charge is 0.496 e. The van der Waals surface area contributed by atoms with Crippen LogP contribution in [0, 0.1) is 11.8 Å². The summed E-state index contributed by atoms with van der Waals surface area (Å²) >= 11 is 0. The number of ether oxygens (including phenoxy) is 1. The van der Waals surface area contributed by atoms with Gasteiger partial charge in [-0.25, -0.2) is 0 Å². The van der Waals surface area contributed by atoms with E-state index in [4.69, 9.17) is 4.74 Å². The summed E-state index contributed by atoms with van der Waals surface area (Å²) in [5, 5.41) is 6.83. The number of anilines is 1. The van der Waals surface area contributed by atoms with Gasteiger partial charge in [0.05, 0.1) is 30.1 Å². The van der Waals surface area contributed by atoms with Crippen LogP contribution in [-0.4, -0.2) is 30.5 Å². The molecule has 6 heteroatoms. The second-order valence-electron chi connectivity index (χ2n) is 7.17. The molecule has 0 radical (unpaired) electrons. The zero-order valence-electron chi connectivity index (χ0n) is 16.2. The highest BCUT2D eigenvalue weighted by atomic mass is 16.5. The van der Waals surface area contributed by atoms with Gasteiger partial charge in [0.25, 0.3) is 0 Å². The Morgan fingerprint density at radius 2 is 1.83 bits per heavy atom. The van der Waals surface area contributed by atoms with Crippen molar-refractivity contribution in [3.63, 3.8) is 0 Å². The minimum absolute atomic E-state index is 0.0731. The molecule has 3 aromatic rings. The highest BCUT2D eigenvalue weighted by molar-refractivity contribution is 6.04. The third-order valence-electron chi connectivity index (χ3n) is 5.24. The summed E-state index contributed by atoms with van der Waals surface area (Å²) < 4.78 is 5.33. The first-order valence-corrected chi connectivity index (χ1v) is 9.71. The standard InChI is InChI=1S/C23H23N3O3/c1-29-20-10-3-2-6-15(20)11-13-25-22(27)17-14-18(17)23(28)26-19-9-4-7-16-8-5-12-24-21(16)19/h2-10,12,17-18H,11,13-14H2,1H3,(H,25,27)(H,26,28). The molecule has 1 aliphatic rings. The Morgan fingerprint density at radius 1 is 1.03 bits per heavy atom. The number of aromatic nitrogens is 1. The van der Waals surface area contributed by atoms with Gasteiger partial charge in [0.2, 0.25) is 11.8 Å². The van der Waals surface area contributed by atoms with Crippen LogP contribution in [0.2, 0.25) is 0 Å². The molecule has 2 N–H and O–H groups in total. The van der Waals surface area contributed by atoms with Gasteiger partial charge in [0.15, 0.2) is 0 Å². The Kier molecular flexibility index (Phi) is 5.42. The first-order chi connectivity index (χ1) is 14.2. The van der Waals surface area contributed by atoms with Crippen LogP contribution in [0.15, 0.2) is 60.8 Å². The summed E-state index contributed by atoms with van der Waals surface area (Å²) in [7, 11) is 1.64. The molecule has 148 valence electrons. The van der Waals surface area contributed by atoms with Crippen molar-refractivity contribution in [2.75, 3.05) is 19.0 Å². The molecule has 1 heterocycles. The average molecular weight is 389 g/mol. The number of nitrogens with one attached hydrogen (secondary N) is 2. The molecular weight excluding hydrogens is 366 g/mol. The maximum Gasteiger partial charge on any atom is 0.228 e. The van der Waals surface area contributed by atoms with Gasteiger partial charge in [-0.1, -0.05) is 36.4 Å². The van der Waals surface area contributed by atoms with E-state index in [-0.39, 0.29) is 23.7 Å². The summed E-state index contributed by atoms with van der Waals surface area (Å²) in [6.45, 7) is 0.511. The monoisotopic (exact) mass is 389 g/mol. The van der Waals surface area contributed by atoms with E-state index in [0.29, 0.717) is 25.1 Å². The molecule has 1 fully saturated rings. The predicted octanol–water partition coefficient (Wildman–Crippen LogP) is 3.18. The molecule has 6 nitrogen and oxygen atoms in total. The maximum absolute atomic E-state index is 12.6. The molecule has 2 aromatic carbocycles. The van der Waals surface area contributed by atoms with Gasteiger partial charge >= 0.3 is 0 Å².